The van der Waals surface area contributed by atoms with Crippen LogP contribution in [0.1, 0.15) is 13.3 Å². The standard InChI is InChI=1S/C17H17N3O4S2/c1-2-26(23,24)13-5-3-12(4-6-13)19-15(21)7-9-20-11-18-16-14(17(20)22)8-10-25-16/h3-6,8,10-11H,2,7,9H2,1H3,(H,19,21). The normalized spacial score (nSPS) is 11.6. The van der Waals surface area contributed by atoms with Gasteiger partial charge in [0, 0.05) is 18.7 Å². The summed E-state index contributed by atoms with van der Waals surface area (Å²) in [5.74, 6) is -0.246. The second-order valence-corrected chi connectivity index (χ2v) is 8.78. The summed E-state index contributed by atoms with van der Waals surface area (Å²) in [6, 6.07) is 7.75. The molecule has 0 saturated carbocycles. The highest BCUT2D eigenvalue weighted by Crippen LogP contribution is 2.16. The van der Waals surface area contributed by atoms with E-state index in [0.717, 1.165) is 0 Å². The maximum atomic E-state index is 12.3. The van der Waals surface area contributed by atoms with Gasteiger partial charge in [0.25, 0.3) is 5.56 Å². The average molecular weight is 391 g/mol. The van der Waals surface area contributed by atoms with Gasteiger partial charge in [-0.1, -0.05) is 6.92 Å². The summed E-state index contributed by atoms with van der Waals surface area (Å²) in [5, 5.41) is 5.04. The molecule has 0 bridgehead atoms. The van der Waals surface area contributed by atoms with E-state index < -0.39 is 9.84 Å². The van der Waals surface area contributed by atoms with E-state index in [4.69, 9.17) is 0 Å². The number of carbonyl (C=O) groups is 1. The molecule has 26 heavy (non-hydrogen) atoms. The van der Waals surface area contributed by atoms with Crippen LogP contribution in [0.25, 0.3) is 10.2 Å². The van der Waals surface area contributed by atoms with Crippen molar-refractivity contribution in [3.8, 4) is 0 Å². The number of fused-ring (bicyclic) bond motifs is 1. The van der Waals surface area contributed by atoms with Crippen LogP contribution in [0.4, 0.5) is 5.69 Å². The molecule has 0 radical (unpaired) electrons. The Labute approximate surface area is 154 Å². The van der Waals surface area contributed by atoms with Crippen molar-refractivity contribution < 1.29 is 13.2 Å². The summed E-state index contributed by atoms with van der Waals surface area (Å²) in [4.78, 5) is 29.4. The number of thiophene rings is 1. The van der Waals surface area contributed by atoms with Gasteiger partial charge in [0.05, 0.1) is 22.4 Å². The lowest BCUT2D eigenvalue weighted by molar-refractivity contribution is -0.116. The number of rotatable bonds is 6. The average Bonchev–Trinajstić information content (AvgIpc) is 3.11. The zero-order valence-corrected chi connectivity index (χ0v) is 15.6. The molecular weight excluding hydrogens is 374 g/mol. The third-order valence-electron chi connectivity index (χ3n) is 3.91. The minimum atomic E-state index is -3.26. The summed E-state index contributed by atoms with van der Waals surface area (Å²) in [6.07, 6.45) is 1.55. The fourth-order valence-electron chi connectivity index (χ4n) is 2.41. The summed E-state index contributed by atoms with van der Waals surface area (Å²) in [5.41, 5.74) is 0.335. The molecule has 1 aromatic carbocycles. The molecule has 136 valence electrons. The van der Waals surface area contributed by atoms with Crippen LogP contribution in [0.5, 0.6) is 0 Å². The molecule has 3 aromatic rings. The number of aromatic nitrogens is 2. The first-order valence-corrected chi connectivity index (χ1v) is 10.5. The van der Waals surface area contributed by atoms with Crippen molar-refractivity contribution in [2.45, 2.75) is 24.8 Å². The van der Waals surface area contributed by atoms with E-state index >= 15 is 0 Å². The van der Waals surface area contributed by atoms with E-state index in [1.165, 1.54) is 34.4 Å². The summed E-state index contributed by atoms with van der Waals surface area (Å²) >= 11 is 1.39. The van der Waals surface area contributed by atoms with Crippen LogP contribution in [-0.4, -0.2) is 29.6 Å². The van der Waals surface area contributed by atoms with E-state index in [2.05, 4.69) is 10.3 Å². The lowest BCUT2D eigenvalue weighted by atomic mass is 10.3. The first-order valence-electron chi connectivity index (χ1n) is 7.96. The van der Waals surface area contributed by atoms with Crippen LogP contribution < -0.4 is 10.9 Å². The third kappa shape index (κ3) is 3.83. The Morgan fingerprint density at radius 2 is 1.96 bits per heavy atom. The molecule has 2 heterocycles. The molecule has 0 unspecified atom stereocenters. The highest BCUT2D eigenvalue weighted by atomic mass is 32.2. The minimum Gasteiger partial charge on any atom is -0.326 e. The van der Waals surface area contributed by atoms with E-state index in [1.54, 1.807) is 30.5 Å². The molecule has 0 aliphatic carbocycles. The third-order valence-corrected chi connectivity index (χ3v) is 6.48. The predicted molar refractivity (Wildman–Crippen MR) is 101 cm³/mol. The SMILES string of the molecule is CCS(=O)(=O)c1ccc(NC(=O)CCn2cnc3sccc3c2=O)cc1. The van der Waals surface area contributed by atoms with Crippen molar-refractivity contribution in [2.75, 3.05) is 11.1 Å². The molecule has 0 aliphatic rings. The second kappa shape index (κ2) is 7.38. The van der Waals surface area contributed by atoms with Gasteiger partial charge in [-0.3, -0.25) is 14.2 Å². The van der Waals surface area contributed by atoms with Gasteiger partial charge in [-0.25, -0.2) is 13.4 Å². The van der Waals surface area contributed by atoms with Gasteiger partial charge >= 0.3 is 0 Å². The van der Waals surface area contributed by atoms with Crippen LogP contribution in [0.3, 0.4) is 0 Å². The molecular formula is C17H17N3O4S2. The number of nitrogens with zero attached hydrogens (tertiary/aromatic N) is 2. The number of aryl methyl sites for hydroxylation is 1. The monoisotopic (exact) mass is 391 g/mol. The molecule has 0 saturated heterocycles. The highest BCUT2D eigenvalue weighted by molar-refractivity contribution is 7.91. The number of anilines is 1. The van der Waals surface area contributed by atoms with Crippen molar-refractivity contribution >= 4 is 43.0 Å². The maximum absolute atomic E-state index is 12.3. The lowest BCUT2D eigenvalue weighted by Gasteiger charge is -2.08. The number of sulfone groups is 1. The van der Waals surface area contributed by atoms with Gasteiger partial charge in [-0.2, -0.15) is 0 Å². The molecule has 0 fully saturated rings. The van der Waals surface area contributed by atoms with Gasteiger partial charge in [0.2, 0.25) is 5.91 Å². The molecule has 1 N–H and O–H groups in total. The molecule has 3 rings (SSSR count). The first kappa shape index (κ1) is 18.3. The summed E-state index contributed by atoms with van der Waals surface area (Å²) in [7, 11) is -3.26. The van der Waals surface area contributed by atoms with Crippen molar-refractivity contribution in [1.29, 1.82) is 0 Å². The minimum absolute atomic E-state index is 0.0238. The number of hydrogen-bond donors (Lipinski definition) is 1. The Morgan fingerprint density at radius 1 is 1.23 bits per heavy atom. The second-order valence-electron chi connectivity index (χ2n) is 5.61. The zero-order valence-electron chi connectivity index (χ0n) is 14.0. The molecule has 7 nitrogen and oxygen atoms in total. The van der Waals surface area contributed by atoms with Gasteiger partial charge < -0.3 is 5.32 Å². The number of amides is 1. The number of hydrogen-bond acceptors (Lipinski definition) is 6. The van der Waals surface area contributed by atoms with Gasteiger partial charge in [0.15, 0.2) is 9.84 Å². The van der Waals surface area contributed by atoms with Gasteiger partial charge in [-0.15, -0.1) is 11.3 Å². The van der Waals surface area contributed by atoms with Crippen molar-refractivity contribution in [2.24, 2.45) is 0 Å². The molecule has 0 atom stereocenters. The Balaban J connectivity index is 1.63. The largest absolute Gasteiger partial charge is 0.326 e. The smallest absolute Gasteiger partial charge is 0.262 e. The Hall–Kier alpha value is -2.52. The van der Waals surface area contributed by atoms with E-state index in [9.17, 15) is 18.0 Å². The predicted octanol–water partition coefficient (Wildman–Crippen LogP) is 2.28. The number of carbonyl (C=O) groups excluding carboxylic acids is 1. The van der Waals surface area contributed by atoms with Crippen LogP contribution in [0.15, 0.2) is 51.7 Å². The maximum Gasteiger partial charge on any atom is 0.262 e. The van der Waals surface area contributed by atoms with Crippen LogP contribution in [0, 0.1) is 0 Å². The topological polar surface area (TPSA) is 98.1 Å². The fourth-order valence-corrected chi connectivity index (χ4v) is 4.02. The number of nitrogens with one attached hydrogen (secondary N) is 1. The van der Waals surface area contributed by atoms with Gasteiger partial charge in [0.1, 0.15) is 4.83 Å². The van der Waals surface area contributed by atoms with E-state index in [-0.39, 0.29) is 35.1 Å². The molecule has 9 heteroatoms. The summed E-state index contributed by atoms with van der Waals surface area (Å²) in [6.45, 7) is 1.79. The molecule has 1 amide bonds. The summed E-state index contributed by atoms with van der Waals surface area (Å²) < 4.78 is 25.0. The van der Waals surface area contributed by atoms with Crippen molar-refractivity contribution in [1.82, 2.24) is 9.55 Å². The Kier molecular flexibility index (Phi) is 5.19. The quantitative estimate of drug-likeness (QED) is 0.695. The Morgan fingerprint density at radius 3 is 2.65 bits per heavy atom. The fraction of sp³-hybridized carbons (Fsp3) is 0.235. The van der Waals surface area contributed by atoms with Crippen molar-refractivity contribution in [3.05, 3.63) is 52.4 Å². The van der Waals surface area contributed by atoms with E-state index in [0.29, 0.717) is 15.9 Å². The molecule has 2 aromatic heterocycles. The molecule has 0 aliphatic heterocycles. The first-order chi connectivity index (χ1) is 12.4. The Bertz CT molecular complexity index is 1100. The van der Waals surface area contributed by atoms with Crippen LogP contribution in [-0.2, 0) is 21.2 Å². The van der Waals surface area contributed by atoms with E-state index in [1.807, 2.05) is 0 Å². The van der Waals surface area contributed by atoms with Gasteiger partial charge in [-0.05, 0) is 35.7 Å². The van der Waals surface area contributed by atoms with Crippen LogP contribution >= 0.6 is 11.3 Å². The highest BCUT2D eigenvalue weighted by Gasteiger charge is 2.12. The zero-order chi connectivity index (χ0) is 18.7. The lowest BCUT2D eigenvalue weighted by Crippen LogP contribution is -2.23. The van der Waals surface area contributed by atoms with Crippen molar-refractivity contribution in [3.63, 3.8) is 0 Å². The number of benzene rings is 1. The van der Waals surface area contributed by atoms with Crippen LogP contribution in [0.2, 0.25) is 0 Å². The molecule has 0 spiro atoms.